The van der Waals surface area contributed by atoms with E-state index in [1.165, 1.54) is 7.11 Å². The summed E-state index contributed by atoms with van der Waals surface area (Å²) in [6.07, 6.45) is 0.562. The Hall–Kier alpha value is -1.96. The molecule has 0 bridgehead atoms. The van der Waals surface area contributed by atoms with Crippen molar-refractivity contribution >= 4 is 17.5 Å². The largest absolute Gasteiger partial charge is 0.467 e. The molecule has 0 amide bonds. The fraction of sp³-hybridized carbons (Fsp3) is 0.444. The molecule has 0 unspecified atom stereocenters. The van der Waals surface area contributed by atoms with Crippen molar-refractivity contribution in [3.8, 4) is 6.01 Å². The number of rotatable bonds is 5. The molecule has 8 nitrogen and oxygen atoms in total. The van der Waals surface area contributed by atoms with Gasteiger partial charge in [0.15, 0.2) is 5.82 Å². The number of aryl methyl sites for hydroxylation is 1. The average Bonchev–Trinajstić information content (AvgIpc) is 2.74. The van der Waals surface area contributed by atoms with E-state index >= 15 is 0 Å². The van der Waals surface area contributed by atoms with Gasteiger partial charge in [-0.05, 0) is 18.5 Å². The Morgan fingerprint density at radius 2 is 2.11 bits per heavy atom. The van der Waals surface area contributed by atoms with Gasteiger partial charge >= 0.3 is 6.01 Å². The van der Waals surface area contributed by atoms with Crippen molar-refractivity contribution in [3.63, 3.8) is 0 Å². The van der Waals surface area contributed by atoms with Gasteiger partial charge in [0, 0.05) is 13.0 Å². The molecule has 1 N–H and O–H groups in total. The van der Waals surface area contributed by atoms with Crippen LogP contribution in [0, 0.1) is 6.92 Å². The highest BCUT2D eigenvalue weighted by Gasteiger charge is 2.06. The predicted octanol–water partition coefficient (Wildman–Crippen LogP) is 0.880. The molecule has 0 aromatic carbocycles. The minimum Gasteiger partial charge on any atom is -0.467 e. The van der Waals surface area contributed by atoms with Crippen LogP contribution in [-0.2, 0) is 6.42 Å². The summed E-state index contributed by atoms with van der Waals surface area (Å²) >= 11 is 5.70. The van der Waals surface area contributed by atoms with Crippen LogP contribution < -0.4 is 10.1 Å². The summed E-state index contributed by atoms with van der Waals surface area (Å²) in [5.41, 5.74) is 0. The molecule has 0 aliphatic carbocycles. The Kier molecular flexibility index (Phi) is 3.88. The van der Waals surface area contributed by atoms with Crippen LogP contribution in [0.25, 0.3) is 0 Å². The Labute approximate surface area is 108 Å². The second-order valence-electron chi connectivity index (χ2n) is 3.33. The molecule has 18 heavy (non-hydrogen) atoms. The Morgan fingerprint density at radius 3 is 2.78 bits per heavy atom. The summed E-state index contributed by atoms with van der Waals surface area (Å²) in [5, 5.41) is 6.72. The van der Waals surface area contributed by atoms with Crippen LogP contribution in [0.15, 0.2) is 4.52 Å². The van der Waals surface area contributed by atoms with E-state index in [2.05, 4.69) is 30.4 Å². The lowest BCUT2D eigenvalue weighted by molar-refractivity contribution is 0.376. The summed E-state index contributed by atoms with van der Waals surface area (Å²) in [7, 11) is 1.46. The molecule has 0 radical (unpaired) electrons. The van der Waals surface area contributed by atoms with Gasteiger partial charge in [0.05, 0.1) is 7.11 Å². The maximum absolute atomic E-state index is 5.70. The monoisotopic (exact) mass is 270 g/mol. The smallest absolute Gasteiger partial charge is 0.322 e. The van der Waals surface area contributed by atoms with Crippen molar-refractivity contribution in [2.75, 3.05) is 19.0 Å². The number of nitrogens with zero attached hydrogens (tertiary/aromatic N) is 5. The zero-order chi connectivity index (χ0) is 13.0. The average molecular weight is 271 g/mol. The van der Waals surface area contributed by atoms with E-state index in [9.17, 15) is 0 Å². The van der Waals surface area contributed by atoms with Crippen LogP contribution in [0.5, 0.6) is 6.01 Å². The predicted molar refractivity (Wildman–Crippen MR) is 62.6 cm³/mol. The number of hydrogen-bond donors (Lipinski definition) is 1. The molecule has 0 saturated heterocycles. The molecule has 2 aromatic heterocycles. The fourth-order valence-electron chi connectivity index (χ4n) is 1.23. The lowest BCUT2D eigenvalue weighted by atomic mass is 10.4. The quantitative estimate of drug-likeness (QED) is 0.855. The van der Waals surface area contributed by atoms with Gasteiger partial charge in [-0.25, -0.2) is 0 Å². The van der Waals surface area contributed by atoms with E-state index < -0.39 is 0 Å². The molecular formula is C9H11ClN6O2. The molecular weight excluding hydrogens is 260 g/mol. The highest BCUT2D eigenvalue weighted by Crippen LogP contribution is 2.10. The van der Waals surface area contributed by atoms with E-state index in [0.29, 0.717) is 30.6 Å². The van der Waals surface area contributed by atoms with E-state index in [0.717, 1.165) is 0 Å². The number of nitrogens with one attached hydrogen (secondary N) is 1. The molecule has 0 atom stereocenters. The molecule has 0 aliphatic rings. The molecule has 2 aromatic rings. The highest BCUT2D eigenvalue weighted by atomic mass is 35.5. The van der Waals surface area contributed by atoms with Crippen LogP contribution in [0.4, 0.5) is 5.95 Å². The fourth-order valence-corrected chi connectivity index (χ4v) is 1.38. The highest BCUT2D eigenvalue weighted by molar-refractivity contribution is 6.28. The maximum Gasteiger partial charge on any atom is 0.322 e. The van der Waals surface area contributed by atoms with Gasteiger partial charge < -0.3 is 14.6 Å². The second kappa shape index (κ2) is 5.58. The van der Waals surface area contributed by atoms with Gasteiger partial charge in [0.1, 0.15) is 0 Å². The summed E-state index contributed by atoms with van der Waals surface area (Å²) < 4.78 is 9.84. The summed E-state index contributed by atoms with van der Waals surface area (Å²) in [6, 6.07) is 0.158. The summed E-state index contributed by atoms with van der Waals surface area (Å²) in [4.78, 5) is 15.7. The minimum atomic E-state index is 0.0676. The van der Waals surface area contributed by atoms with E-state index in [1.54, 1.807) is 6.92 Å². The first-order valence-corrected chi connectivity index (χ1v) is 5.54. The molecule has 0 spiro atoms. The van der Waals surface area contributed by atoms with Crippen molar-refractivity contribution in [1.82, 2.24) is 25.1 Å². The standard InChI is InChI=1S/C9H11ClN6O2/c1-5-12-6(18-16-5)3-4-11-8-13-7(10)14-9(15-8)17-2/h3-4H2,1-2H3,(H,11,13,14,15). The molecule has 2 heterocycles. The normalized spacial score (nSPS) is 10.4. The van der Waals surface area contributed by atoms with Crippen molar-refractivity contribution in [1.29, 1.82) is 0 Å². The van der Waals surface area contributed by atoms with Crippen molar-refractivity contribution in [2.24, 2.45) is 0 Å². The number of halogens is 1. The third-order valence-electron chi connectivity index (χ3n) is 1.96. The lowest BCUT2D eigenvalue weighted by Crippen LogP contribution is -2.09. The molecule has 0 fully saturated rings. The topological polar surface area (TPSA) is 98.9 Å². The van der Waals surface area contributed by atoms with Crippen LogP contribution in [0.2, 0.25) is 5.28 Å². The summed E-state index contributed by atoms with van der Waals surface area (Å²) in [6.45, 7) is 2.29. The molecule has 0 saturated carbocycles. The Balaban J connectivity index is 1.91. The van der Waals surface area contributed by atoms with Gasteiger partial charge in [0.25, 0.3) is 0 Å². The lowest BCUT2D eigenvalue weighted by Gasteiger charge is -2.04. The van der Waals surface area contributed by atoms with Crippen LogP contribution in [0.1, 0.15) is 11.7 Å². The number of anilines is 1. The number of aromatic nitrogens is 5. The van der Waals surface area contributed by atoms with Gasteiger partial charge in [-0.15, -0.1) is 0 Å². The maximum atomic E-state index is 5.70. The van der Waals surface area contributed by atoms with Gasteiger partial charge in [-0.1, -0.05) is 5.16 Å². The Morgan fingerprint density at radius 1 is 1.28 bits per heavy atom. The first kappa shape index (κ1) is 12.5. The molecule has 9 heteroatoms. The minimum absolute atomic E-state index is 0.0676. The van der Waals surface area contributed by atoms with Crippen LogP contribution in [0.3, 0.4) is 0 Å². The van der Waals surface area contributed by atoms with E-state index in [-0.39, 0.29) is 11.3 Å². The number of ether oxygens (including phenoxy) is 1. The number of methoxy groups -OCH3 is 1. The van der Waals surface area contributed by atoms with E-state index in [1.807, 2.05) is 0 Å². The van der Waals surface area contributed by atoms with Crippen LogP contribution >= 0.6 is 11.6 Å². The van der Waals surface area contributed by atoms with Crippen molar-refractivity contribution < 1.29 is 9.26 Å². The molecule has 0 aliphatic heterocycles. The van der Waals surface area contributed by atoms with Gasteiger partial charge in [-0.2, -0.15) is 19.9 Å². The SMILES string of the molecule is COc1nc(Cl)nc(NCCc2nc(C)no2)n1. The first-order valence-electron chi connectivity index (χ1n) is 5.16. The number of hydrogen-bond acceptors (Lipinski definition) is 8. The second-order valence-corrected chi connectivity index (χ2v) is 3.66. The third-order valence-corrected chi connectivity index (χ3v) is 2.13. The molecule has 2 rings (SSSR count). The zero-order valence-corrected chi connectivity index (χ0v) is 10.6. The third kappa shape index (κ3) is 3.27. The van der Waals surface area contributed by atoms with Gasteiger partial charge in [0.2, 0.25) is 17.1 Å². The molecule has 96 valence electrons. The van der Waals surface area contributed by atoms with E-state index in [4.69, 9.17) is 20.9 Å². The first-order chi connectivity index (χ1) is 8.67. The van der Waals surface area contributed by atoms with Gasteiger partial charge in [-0.3, -0.25) is 0 Å². The summed E-state index contributed by atoms with van der Waals surface area (Å²) in [5.74, 6) is 1.49. The Bertz CT molecular complexity index is 532. The van der Waals surface area contributed by atoms with Crippen molar-refractivity contribution in [3.05, 3.63) is 17.0 Å². The van der Waals surface area contributed by atoms with Crippen LogP contribution in [-0.4, -0.2) is 38.7 Å². The zero-order valence-electron chi connectivity index (χ0n) is 9.84. The van der Waals surface area contributed by atoms with Crippen molar-refractivity contribution in [2.45, 2.75) is 13.3 Å².